The van der Waals surface area contributed by atoms with Crippen molar-refractivity contribution in [2.24, 2.45) is 11.3 Å². The number of nitrogens with one attached hydrogen (secondary N) is 1. The van der Waals surface area contributed by atoms with Crippen molar-refractivity contribution in [3.05, 3.63) is 35.9 Å². The van der Waals surface area contributed by atoms with Crippen LogP contribution in [0.25, 0.3) is 0 Å². The van der Waals surface area contributed by atoms with Gasteiger partial charge in [-0.25, -0.2) is 0 Å². The third-order valence-electron chi connectivity index (χ3n) is 2.84. The molecule has 0 radical (unpaired) electrons. The Morgan fingerprint density at radius 3 is 2.24 bits per heavy atom. The SMILES string of the molecule is CCOC(C(NN)c1ccccc1)C(C)(C)C. The molecular formula is C14H24N2O. The summed E-state index contributed by atoms with van der Waals surface area (Å²) in [6.45, 7) is 9.20. The van der Waals surface area contributed by atoms with E-state index in [2.05, 4.69) is 38.3 Å². The maximum atomic E-state index is 5.87. The molecule has 1 aromatic rings. The maximum absolute atomic E-state index is 5.87. The quantitative estimate of drug-likeness (QED) is 0.610. The van der Waals surface area contributed by atoms with Crippen LogP contribution in [0.3, 0.4) is 0 Å². The van der Waals surface area contributed by atoms with Crippen LogP contribution >= 0.6 is 0 Å². The van der Waals surface area contributed by atoms with E-state index in [9.17, 15) is 0 Å². The average Bonchev–Trinajstić information content (AvgIpc) is 2.29. The summed E-state index contributed by atoms with van der Waals surface area (Å²) in [4.78, 5) is 0. The van der Waals surface area contributed by atoms with E-state index in [-0.39, 0.29) is 17.6 Å². The van der Waals surface area contributed by atoms with Crippen molar-refractivity contribution >= 4 is 0 Å². The summed E-state index contributed by atoms with van der Waals surface area (Å²) < 4.78 is 5.87. The molecule has 3 N–H and O–H groups in total. The molecule has 0 fully saturated rings. The first-order chi connectivity index (χ1) is 8.00. The van der Waals surface area contributed by atoms with Crippen molar-refractivity contribution in [1.29, 1.82) is 0 Å². The first kappa shape index (κ1) is 14.2. The van der Waals surface area contributed by atoms with Crippen molar-refractivity contribution in [3.63, 3.8) is 0 Å². The van der Waals surface area contributed by atoms with Crippen LogP contribution in [-0.4, -0.2) is 12.7 Å². The van der Waals surface area contributed by atoms with E-state index >= 15 is 0 Å². The van der Waals surface area contributed by atoms with Crippen molar-refractivity contribution in [3.8, 4) is 0 Å². The number of nitrogens with two attached hydrogens (primary N) is 1. The molecule has 0 aliphatic heterocycles. The molecule has 0 aromatic heterocycles. The van der Waals surface area contributed by atoms with Gasteiger partial charge in [0.05, 0.1) is 12.1 Å². The van der Waals surface area contributed by atoms with Crippen LogP contribution in [0.2, 0.25) is 0 Å². The zero-order chi connectivity index (χ0) is 12.9. The van der Waals surface area contributed by atoms with E-state index in [1.807, 2.05) is 25.1 Å². The molecule has 0 saturated heterocycles. The van der Waals surface area contributed by atoms with Crippen LogP contribution in [0.4, 0.5) is 0 Å². The van der Waals surface area contributed by atoms with Gasteiger partial charge in [0.25, 0.3) is 0 Å². The van der Waals surface area contributed by atoms with Gasteiger partial charge >= 0.3 is 0 Å². The van der Waals surface area contributed by atoms with Gasteiger partial charge in [0.2, 0.25) is 0 Å². The van der Waals surface area contributed by atoms with E-state index in [1.165, 1.54) is 0 Å². The third kappa shape index (κ3) is 3.80. The largest absolute Gasteiger partial charge is 0.376 e. The summed E-state index contributed by atoms with van der Waals surface area (Å²) >= 11 is 0. The second kappa shape index (κ2) is 6.15. The van der Waals surface area contributed by atoms with Gasteiger partial charge in [-0.3, -0.25) is 11.3 Å². The highest BCUT2D eigenvalue weighted by Gasteiger charge is 2.33. The van der Waals surface area contributed by atoms with Gasteiger partial charge in [-0.05, 0) is 17.9 Å². The zero-order valence-corrected chi connectivity index (χ0v) is 11.2. The van der Waals surface area contributed by atoms with Gasteiger partial charge in [0, 0.05) is 6.61 Å². The Morgan fingerprint density at radius 1 is 1.24 bits per heavy atom. The Balaban J connectivity index is 2.98. The number of hydrogen-bond donors (Lipinski definition) is 2. The van der Waals surface area contributed by atoms with Crippen LogP contribution < -0.4 is 11.3 Å². The predicted octanol–water partition coefficient (Wildman–Crippen LogP) is 2.64. The number of benzene rings is 1. The molecule has 1 aromatic carbocycles. The Bertz CT molecular complexity index is 319. The smallest absolute Gasteiger partial charge is 0.0830 e. The van der Waals surface area contributed by atoms with Crippen molar-refractivity contribution < 1.29 is 4.74 Å². The number of ether oxygens (including phenoxy) is 1. The van der Waals surface area contributed by atoms with Crippen molar-refractivity contribution in [2.75, 3.05) is 6.61 Å². The average molecular weight is 236 g/mol. The predicted molar refractivity (Wildman–Crippen MR) is 71.4 cm³/mol. The lowest BCUT2D eigenvalue weighted by Crippen LogP contribution is -2.44. The molecule has 0 aliphatic rings. The number of hydrogen-bond acceptors (Lipinski definition) is 3. The summed E-state index contributed by atoms with van der Waals surface area (Å²) in [5.74, 6) is 5.70. The minimum atomic E-state index is 0.0103. The van der Waals surface area contributed by atoms with E-state index in [4.69, 9.17) is 10.6 Å². The van der Waals surface area contributed by atoms with Crippen molar-refractivity contribution in [1.82, 2.24) is 5.43 Å². The van der Waals surface area contributed by atoms with E-state index in [0.717, 1.165) is 5.56 Å². The molecule has 0 aliphatic carbocycles. The molecule has 0 bridgehead atoms. The van der Waals surface area contributed by atoms with Gasteiger partial charge < -0.3 is 4.74 Å². The number of hydrazine groups is 1. The van der Waals surface area contributed by atoms with E-state index in [1.54, 1.807) is 0 Å². The monoisotopic (exact) mass is 236 g/mol. The lowest BCUT2D eigenvalue weighted by molar-refractivity contribution is -0.0366. The first-order valence-electron chi connectivity index (χ1n) is 6.13. The first-order valence-corrected chi connectivity index (χ1v) is 6.13. The molecular weight excluding hydrogens is 212 g/mol. The summed E-state index contributed by atoms with van der Waals surface area (Å²) in [7, 11) is 0. The maximum Gasteiger partial charge on any atom is 0.0830 e. The standard InChI is InChI=1S/C14H24N2O/c1-5-17-13(14(2,3)4)12(16-15)11-9-7-6-8-10-11/h6-10,12-13,16H,5,15H2,1-4H3. The van der Waals surface area contributed by atoms with Crippen LogP contribution in [0, 0.1) is 5.41 Å². The van der Waals surface area contributed by atoms with Gasteiger partial charge in [0.1, 0.15) is 0 Å². The molecule has 17 heavy (non-hydrogen) atoms. The minimum absolute atomic E-state index is 0.0103. The molecule has 1 rings (SSSR count). The second-order valence-electron chi connectivity index (χ2n) is 5.30. The highest BCUT2D eigenvalue weighted by molar-refractivity contribution is 5.20. The fourth-order valence-electron chi connectivity index (χ4n) is 2.04. The molecule has 0 heterocycles. The fraction of sp³-hybridized carbons (Fsp3) is 0.571. The van der Waals surface area contributed by atoms with Crippen LogP contribution in [0.5, 0.6) is 0 Å². The van der Waals surface area contributed by atoms with Gasteiger partial charge in [-0.1, -0.05) is 51.1 Å². The van der Waals surface area contributed by atoms with Gasteiger partial charge in [-0.15, -0.1) is 0 Å². The molecule has 3 heteroatoms. The normalized spacial score (nSPS) is 15.6. The second-order valence-corrected chi connectivity index (χ2v) is 5.30. The van der Waals surface area contributed by atoms with Crippen molar-refractivity contribution in [2.45, 2.75) is 39.8 Å². The van der Waals surface area contributed by atoms with Gasteiger partial charge in [-0.2, -0.15) is 0 Å². The summed E-state index contributed by atoms with van der Waals surface area (Å²) in [6.07, 6.45) is 0.0416. The van der Waals surface area contributed by atoms with E-state index in [0.29, 0.717) is 6.61 Å². The summed E-state index contributed by atoms with van der Waals surface area (Å²) in [5, 5.41) is 0. The summed E-state index contributed by atoms with van der Waals surface area (Å²) in [5.41, 5.74) is 4.07. The lowest BCUT2D eigenvalue weighted by atomic mass is 9.82. The number of rotatable bonds is 5. The third-order valence-corrected chi connectivity index (χ3v) is 2.84. The van der Waals surface area contributed by atoms with Crippen LogP contribution in [-0.2, 0) is 4.74 Å². The molecule has 0 saturated carbocycles. The molecule has 0 spiro atoms. The highest BCUT2D eigenvalue weighted by Crippen LogP contribution is 2.32. The Labute approximate surface area is 104 Å². The Hall–Kier alpha value is -0.900. The van der Waals surface area contributed by atoms with Gasteiger partial charge in [0.15, 0.2) is 0 Å². The Kier molecular flexibility index (Phi) is 5.12. The Morgan fingerprint density at radius 2 is 1.82 bits per heavy atom. The summed E-state index contributed by atoms with van der Waals surface area (Å²) in [6, 6.07) is 10.2. The van der Waals surface area contributed by atoms with Crippen LogP contribution in [0.1, 0.15) is 39.3 Å². The lowest BCUT2D eigenvalue weighted by Gasteiger charge is -2.36. The fourth-order valence-corrected chi connectivity index (χ4v) is 2.04. The molecule has 2 unspecified atom stereocenters. The molecule has 3 nitrogen and oxygen atoms in total. The molecule has 96 valence electrons. The zero-order valence-electron chi connectivity index (χ0n) is 11.2. The highest BCUT2D eigenvalue weighted by atomic mass is 16.5. The minimum Gasteiger partial charge on any atom is -0.376 e. The molecule has 2 atom stereocenters. The molecule has 0 amide bonds. The topological polar surface area (TPSA) is 47.3 Å². The van der Waals surface area contributed by atoms with E-state index < -0.39 is 0 Å². The van der Waals surface area contributed by atoms with Crippen LogP contribution in [0.15, 0.2) is 30.3 Å².